The van der Waals surface area contributed by atoms with Crippen molar-refractivity contribution in [2.75, 3.05) is 0 Å². The van der Waals surface area contributed by atoms with E-state index in [2.05, 4.69) is 6.92 Å². The molecule has 0 aliphatic rings. The molecule has 0 radical (unpaired) electrons. The molecule has 1 rings (SSSR count). The zero-order chi connectivity index (χ0) is 11.7. The SMILES string of the molecule is CCC[CH2][Mg+].O=C([O-])c1ccccc1O. The fraction of sp³-hybridized carbons (Fsp3) is 0.364. The van der Waals surface area contributed by atoms with Crippen molar-refractivity contribution in [3.63, 3.8) is 0 Å². The molecule has 1 aromatic carbocycles. The summed E-state index contributed by atoms with van der Waals surface area (Å²) in [7, 11) is 0. The number of rotatable bonds is 3. The zero-order valence-corrected chi connectivity index (χ0v) is 10.3. The molecule has 4 heteroatoms. The van der Waals surface area contributed by atoms with E-state index < -0.39 is 5.97 Å². The molecule has 0 fully saturated rings. The van der Waals surface area contributed by atoms with Gasteiger partial charge in [-0.15, -0.1) is 0 Å². The Balaban J connectivity index is 0.000000336. The minimum absolute atomic E-state index is 0.178. The maximum absolute atomic E-state index is 10.2. The molecule has 0 aliphatic heterocycles. The second kappa shape index (κ2) is 8.56. The van der Waals surface area contributed by atoms with E-state index in [1.807, 2.05) is 21.7 Å². The Bertz CT molecular complexity index is 298. The van der Waals surface area contributed by atoms with Crippen LogP contribution in [-0.4, -0.2) is 32.8 Å². The first-order chi connectivity index (χ1) is 7.13. The predicted molar refractivity (Wildman–Crippen MR) is 57.9 cm³/mol. The van der Waals surface area contributed by atoms with Crippen molar-refractivity contribution in [3.05, 3.63) is 29.8 Å². The second-order valence-corrected chi connectivity index (χ2v) is 3.72. The molecular weight excluding hydrogens is 204 g/mol. The average molecular weight is 219 g/mol. The van der Waals surface area contributed by atoms with Gasteiger partial charge in [-0.3, -0.25) is 0 Å². The molecule has 0 saturated carbocycles. The van der Waals surface area contributed by atoms with Crippen LogP contribution in [0.15, 0.2) is 24.3 Å². The van der Waals surface area contributed by atoms with E-state index in [1.165, 1.54) is 35.6 Å². The van der Waals surface area contributed by atoms with E-state index >= 15 is 0 Å². The summed E-state index contributed by atoms with van der Waals surface area (Å²) >= 11 is 2.05. The van der Waals surface area contributed by atoms with Gasteiger partial charge in [0, 0.05) is 5.56 Å². The molecule has 3 nitrogen and oxygen atoms in total. The van der Waals surface area contributed by atoms with Gasteiger partial charge in [0.25, 0.3) is 0 Å². The molecule has 0 atom stereocenters. The molecule has 0 unspecified atom stereocenters. The van der Waals surface area contributed by atoms with Crippen molar-refractivity contribution in [1.29, 1.82) is 0 Å². The second-order valence-electron chi connectivity index (χ2n) is 3.01. The van der Waals surface area contributed by atoms with Gasteiger partial charge in [-0.25, -0.2) is 0 Å². The van der Waals surface area contributed by atoms with E-state index in [9.17, 15) is 9.90 Å². The van der Waals surface area contributed by atoms with Gasteiger partial charge in [0.2, 0.25) is 0 Å². The van der Waals surface area contributed by atoms with Crippen molar-refractivity contribution in [3.8, 4) is 5.75 Å². The van der Waals surface area contributed by atoms with Gasteiger partial charge in [-0.1, -0.05) is 12.1 Å². The normalized spacial score (nSPS) is 9.00. The van der Waals surface area contributed by atoms with Gasteiger partial charge in [0.15, 0.2) is 0 Å². The first kappa shape index (κ1) is 14.3. The summed E-state index contributed by atoms with van der Waals surface area (Å²) in [5.41, 5.74) is -0.178. The van der Waals surface area contributed by atoms with Crippen LogP contribution in [0.1, 0.15) is 30.1 Å². The van der Waals surface area contributed by atoms with Gasteiger partial charge in [0.05, 0.1) is 5.97 Å². The number of hydrogen-bond donors (Lipinski definition) is 1. The molecular formula is C11H14MgO3. The van der Waals surface area contributed by atoms with Crippen LogP contribution in [-0.2, 0) is 0 Å². The molecule has 1 aromatic rings. The Kier molecular flexibility index (Phi) is 8.13. The average Bonchev–Trinajstić information content (AvgIpc) is 2.20. The number of carbonyl (C=O) groups excluding carboxylic acids is 1. The fourth-order valence-electron chi connectivity index (χ4n) is 0.896. The third kappa shape index (κ3) is 6.36. The van der Waals surface area contributed by atoms with Crippen molar-refractivity contribution in [2.45, 2.75) is 24.3 Å². The minimum Gasteiger partial charge on any atom is -0.545 e. The Labute approximate surface area is 103 Å². The fourth-order valence-corrected chi connectivity index (χ4v) is 1.40. The summed E-state index contributed by atoms with van der Waals surface area (Å²) in [6.07, 6.45) is 2.75. The molecule has 15 heavy (non-hydrogen) atoms. The summed E-state index contributed by atoms with van der Waals surface area (Å²) in [5, 5.41) is 19.0. The quantitative estimate of drug-likeness (QED) is 0.774. The largest absolute Gasteiger partial charge is 0.545 e. The van der Waals surface area contributed by atoms with E-state index in [4.69, 9.17) is 5.11 Å². The summed E-state index contributed by atoms with van der Waals surface area (Å²) in [4.78, 5) is 10.2. The minimum atomic E-state index is -1.36. The Morgan fingerprint density at radius 1 is 1.47 bits per heavy atom. The molecule has 0 spiro atoms. The van der Waals surface area contributed by atoms with Crippen LogP contribution in [0.25, 0.3) is 0 Å². The van der Waals surface area contributed by atoms with Gasteiger partial charge < -0.3 is 15.0 Å². The van der Waals surface area contributed by atoms with E-state index in [0.29, 0.717) is 0 Å². The summed E-state index contributed by atoms with van der Waals surface area (Å²) in [5.74, 6) is -1.62. The number of phenols is 1. The van der Waals surface area contributed by atoms with Crippen LogP contribution in [0.2, 0.25) is 4.55 Å². The Morgan fingerprint density at radius 3 is 2.33 bits per heavy atom. The van der Waals surface area contributed by atoms with Crippen LogP contribution in [0.5, 0.6) is 5.75 Å². The van der Waals surface area contributed by atoms with Crippen molar-refractivity contribution < 1.29 is 15.0 Å². The number of carboxylic acids is 1. The maximum Gasteiger partial charge on any atom is 0.124 e. The number of carboxylic acid groups (broad SMARTS) is 1. The van der Waals surface area contributed by atoms with Crippen molar-refractivity contribution >= 4 is 27.7 Å². The summed E-state index contributed by atoms with van der Waals surface area (Å²) in [6.45, 7) is 2.22. The number of para-hydroxylation sites is 1. The standard InChI is InChI=1S/C7H6O3.C4H9.Mg/c8-6-4-2-1-3-5(6)7(9)10;1-3-4-2;/h1-4,8H,(H,9,10);1,3-4H2,2H3;/q;;+1/p-1. The van der Waals surface area contributed by atoms with Crippen LogP contribution >= 0.6 is 0 Å². The molecule has 0 aliphatic carbocycles. The molecule has 78 valence electrons. The maximum atomic E-state index is 10.2. The smallest absolute Gasteiger partial charge is 0.124 e. The number of carbonyl (C=O) groups is 1. The molecule has 0 bridgehead atoms. The van der Waals surface area contributed by atoms with E-state index in [0.717, 1.165) is 0 Å². The molecule has 1 N–H and O–H groups in total. The number of benzene rings is 1. The first-order valence-corrected chi connectivity index (χ1v) is 5.92. The van der Waals surface area contributed by atoms with Gasteiger partial charge in [0.1, 0.15) is 5.75 Å². The van der Waals surface area contributed by atoms with E-state index in [1.54, 1.807) is 6.07 Å². The third-order valence-corrected chi connectivity index (χ3v) is 2.23. The monoisotopic (exact) mass is 218 g/mol. The van der Waals surface area contributed by atoms with Gasteiger partial charge >= 0.3 is 46.0 Å². The van der Waals surface area contributed by atoms with Crippen LogP contribution in [0.4, 0.5) is 0 Å². The third-order valence-electron chi connectivity index (χ3n) is 1.73. The molecule has 0 heterocycles. The number of unbranched alkanes of at least 4 members (excludes halogenated alkanes) is 1. The Morgan fingerprint density at radius 2 is 2.07 bits per heavy atom. The van der Waals surface area contributed by atoms with Crippen LogP contribution in [0, 0.1) is 0 Å². The van der Waals surface area contributed by atoms with Crippen molar-refractivity contribution in [1.82, 2.24) is 0 Å². The van der Waals surface area contributed by atoms with Crippen molar-refractivity contribution in [2.24, 2.45) is 0 Å². The number of hydrogen-bond acceptors (Lipinski definition) is 3. The van der Waals surface area contributed by atoms with Gasteiger partial charge in [-0.05, 0) is 12.1 Å². The number of aromatic carboxylic acids is 1. The molecule has 0 amide bonds. The Hall–Kier alpha value is -0.744. The topological polar surface area (TPSA) is 60.4 Å². The molecule has 0 saturated heterocycles. The van der Waals surface area contributed by atoms with E-state index in [-0.39, 0.29) is 11.3 Å². The summed E-state index contributed by atoms with van der Waals surface area (Å²) < 4.78 is 1.37. The first-order valence-electron chi connectivity index (χ1n) is 4.92. The summed E-state index contributed by atoms with van der Waals surface area (Å²) in [6, 6.07) is 5.64. The van der Waals surface area contributed by atoms with Crippen LogP contribution in [0.3, 0.4) is 0 Å². The van der Waals surface area contributed by atoms with Gasteiger partial charge in [-0.2, -0.15) is 0 Å². The van der Waals surface area contributed by atoms with Crippen LogP contribution < -0.4 is 5.11 Å². The number of aromatic hydroxyl groups is 1. The molecule has 0 aromatic heterocycles. The zero-order valence-electron chi connectivity index (χ0n) is 8.90. The predicted octanol–water partition coefficient (Wildman–Crippen LogP) is 1.13.